The van der Waals surface area contributed by atoms with Crippen LogP contribution in [0.4, 0.5) is 5.69 Å². The number of hydrogen-bond donors (Lipinski definition) is 2. The van der Waals surface area contributed by atoms with Crippen LogP contribution >= 0.6 is 0 Å². The number of anilines is 1. The van der Waals surface area contributed by atoms with Crippen LogP contribution in [0.3, 0.4) is 0 Å². The second kappa shape index (κ2) is 7.49. The van der Waals surface area contributed by atoms with Crippen LogP contribution in [0.2, 0.25) is 0 Å². The average Bonchev–Trinajstić information content (AvgIpc) is 3.03. The van der Waals surface area contributed by atoms with E-state index in [9.17, 15) is 4.79 Å². The van der Waals surface area contributed by atoms with Gasteiger partial charge in [0.1, 0.15) is 12.4 Å². The Kier molecular flexibility index (Phi) is 5.16. The fraction of sp³-hybridized carbons (Fsp3) is 0.350. The molecule has 24 heavy (non-hydrogen) atoms. The van der Waals surface area contributed by atoms with Gasteiger partial charge in [-0.1, -0.05) is 30.3 Å². The molecule has 4 heteroatoms. The Bertz CT molecular complexity index is 700. The van der Waals surface area contributed by atoms with Crippen LogP contribution < -0.4 is 15.8 Å². The number of carbonyl (C=O) groups excluding carboxylic acids is 1. The summed E-state index contributed by atoms with van der Waals surface area (Å²) >= 11 is 0. The molecule has 3 N–H and O–H groups in total. The van der Waals surface area contributed by atoms with Gasteiger partial charge in [0.05, 0.1) is 0 Å². The second-order valence-corrected chi connectivity index (χ2v) is 6.51. The van der Waals surface area contributed by atoms with Gasteiger partial charge in [0.25, 0.3) is 0 Å². The summed E-state index contributed by atoms with van der Waals surface area (Å²) in [5.41, 5.74) is 8.86. The van der Waals surface area contributed by atoms with Gasteiger partial charge in [-0.15, -0.1) is 0 Å². The molecule has 2 atom stereocenters. The highest BCUT2D eigenvalue weighted by atomic mass is 16.5. The lowest BCUT2D eigenvalue weighted by Crippen LogP contribution is -2.23. The summed E-state index contributed by atoms with van der Waals surface area (Å²) in [4.78, 5) is 12.3. The second-order valence-electron chi connectivity index (χ2n) is 6.51. The summed E-state index contributed by atoms with van der Waals surface area (Å²) in [5.74, 6) is 0.912. The van der Waals surface area contributed by atoms with Gasteiger partial charge in [0, 0.05) is 17.6 Å². The topological polar surface area (TPSA) is 64.3 Å². The van der Waals surface area contributed by atoms with Crippen LogP contribution in [0.15, 0.2) is 48.5 Å². The average molecular weight is 324 g/mol. The van der Waals surface area contributed by atoms with Gasteiger partial charge in [0.2, 0.25) is 5.91 Å². The molecule has 4 nitrogen and oxygen atoms in total. The minimum atomic E-state index is 0.0356. The minimum absolute atomic E-state index is 0.0356. The van der Waals surface area contributed by atoms with E-state index < -0.39 is 0 Å². The fourth-order valence-corrected chi connectivity index (χ4v) is 3.10. The van der Waals surface area contributed by atoms with Crippen molar-refractivity contribution in [3.8, 4) is 5.75 Å². The number of amides is 1. The molecule has 2 unspecified atom stereocenters. The molecule has 0 bridgehead atoms. The van der Waals surface area contributed by atoms with Crippen LogP contribution in [-0.4, -0.2) is 11.9 Å². The van der Waals surface area contributed by atoms with Crippen molar-refractivity contribution in [3.63, 3.8) is 0 Å². The summed E-state index contributed by atoms with van der Waals surface area (Å²) in [5, 5.41) is 3.02. The largest absolute Gasteiger partial charge is 0.489 e. The van der Waals surface area contributed by atoms with E-state index >= 15 is 0 Å². The summed E-state index contributed by atoms with van der Waals surface area (Å²) in [6, 6.07) is 16.0. The lowest BCUT2D eigenvalue weighted by molar-refractivity contribution is -0.119. The van der Waals surface area contributed by atoms with Gasteiger partial charge >= 0.3 is 0 Å². The number of aryl methyl sites for hydroxylation is 1. The third kappa shape index (κ3) is 4.15. The Hall–Kier alpha value is -2.33. The van der Waals surface area contributed by atoms with Crippen LogP contribution in [0.1, 0.15) is 30.4 Å². The molecule has 3 rings (SSSR count). The Labute approximate surface area is 143 Å². The van der Waals surface area contributed by atoms with Gasteiger partial charge in [-0.05, 0) is 55.5 Å². The molecule has 0 spiro atoms. The fourth-order valence-electron chi connectivity index (χ4n) is 3.10. The van der Waals surface area contributed by atoms with Gasteiger partial charge in [0.15, 0.2) is 0 Å². The molecule has 1 aliphatic carbocycles. The highest BCUT2D eigenvalue weighted by Gasteiger charge is 2.27. The molecule has 0 aliphatic heterocycles. The lowest BCUT2D eigenvalue weighted by Gasteiger charge is -2.14. The summed E-state index contributed by atoms with van der Waals surface area (Å²) in [6.07, 6.45) is 2.59. The number of nitrogens with one attached hydrogen (secondary N) is 1. The van der Waals surface area contributed by atoms with Gasteiger partial charge < -0.3 is 15.8 Å². The first-order valence-corrected chi connectivity index (χ1v) is 8.45. The standard InChI is InChI=1S/C20H24N2O2/c1-14-11-18(24-13-15-5-3-2-4-6-15)9-10-19(14)22-20(23)16-7-8-17(21)12-16/h2-6,9-11,16-17H,7-8,12-13,21H2,1H3,(H,22,23). The SMILES string of the molecule is Cc1cc(OCc2ccccc2)ccc1NC(=O)C1CCC(N)C1. The molecule has 0 radical (unpaired) electrons. The molecule has 0 saturated heterocycles. The number of carbonyl (C=O) groups is 1. The Morgan fingerprint density at radius 2 is 2.00 bits per heavy atom. The highest BCUT2D eigenvalue weighted by molar-refractivity contribution is 5.93. The maximum absolute atomic E-state index is 12.3. The third-order valence-corrected chi connectivity index (χ3v) is 4.55. The van der Waals surface area contributed by atoms with Gasteiger partial charge in [-0.2, -0.15) is 0 Å². The molecule has 1 fully saturated rings. The summed E-state index contributed by atoms with van der Waals surface area (Å²) < 4.78 is 5.82. The van der Waals surface area contributed by atoms with E-state index in [-0.39, 0.29) is 17.9 Å². The van der Waals surface area contributed by atoms with Crippen LogP contribution in [-0.2, 0) is 11.4 Å². The normalized spacial score (nSPS) is 19.9. The first-order chi connectivity index (χ1) is 11.6. The molecular formula is C20H24N2O2. The zero-order valence-electron chi connectivity index (χ0n) is 14.0. The molecule has 1 amide bonds. The first-order valence-electron chi connectivity index (χ1n) is 8.45. The van der Waals surface area contributed by atoms with Crippen molar-refractivity contribution in [3.05, 3.63) is 59.7 Å². The van der Waals surface area contributed by atoms with Crippen molar-refractivity contribution >= 4 is 11.6 Å². The van der Waals surface area contributed by atoms with Crippen molar-refractivity contribution < 1.29 is 9.53 Å². The highest BCUT2D eigenvalue weighted by Crippen LogP contribution is 2.27. The Morgan fingerprint density at radius 1 is 1.21 bits per heavy atom. The van der Waals surface area contributed by atoms with E-state index in [1.165, 1.54) is 0 Å². The zero-order chi connectivity index (χ0) is 16.9. The van der Waals surface area contributed by atoms with Crippen molar-refractivity contribution in [1.82, 2.24) is 0 Å². The quantitative estimate of drug-likeness (QED) is 0.882. The van der Waals surface area contributed by atoms with E-state index in [4.69, 9.17) is 10.5 Å². The van der Waals surface area contributed by atoms with Crippen molar-refractivity contribution in [2.75, 3.05) is 5.32 Å². The van der Waals surface area contributed by atoms with Crippen LogP contribution in [0.5, 0.6) is 5.75 Å². The maximum atomic E-state index is 12.3. The summed E-state index contributed by atoms with van der Waals surface area (Å²) in [6.45, 7) is 2.51. The molecule has 2 aromatic rings. The van der Waals surface area contributed by atoms with Gasteiger partial charge in [-0.3, -0.25) is 4.79 Å². The molecular weight excluding hydrogens is 300 g/mol. The zero-order valence-corrected chi connectivity index (χ0v) is 14.0. The maximum Gasteiger partial charge on any atom is 0.227 e. The van der Waals surface area contributed by atoms with Crippen molar-refractivity contribution in [2.45, 2.75) is 38.8 Å². The number of rotatable bonds is 5. The van der Waals surface area contributed by atoms with E-state index in [2.05, 4.69) is 5.32 Å². The molecule has 1 saturated carbocycles. The van der Waals surface area contributed by atoms with Crippen LogP contribution in [0.25, 0.3) is 0 Å². The number of benzene rings is 2. The lowest BCUT2D eigenvalue weighted by atomic mass is 10.1. The van der Waals surface area contributed by atoms with E-state index in [1.807, 2.05) is 55.5 Å². The smallest absolute Gasteiger partial charge is 0.227 e. The predicted octanol–water partition coefficient (Wildman–Crippen LogP) is 3.64. The monoisotopic (exact) mass is 324 g/mol. The predicted molar refractivity (Wildman–Crippen MR) is 95.9 cm³/mol. The van der Waals surface area contributed by atoms with E-state index in [1.54, 1.807) is 0 Å². The number of hydrogen-bond acceptors (Lipinski definition) is 3. The number of nitrogens with two attached hydrogens (primary N) is 1. The molecule has 1 aliphatic rings. The van der Waals surface area contributed by atoms with Gasteiger partial charge in [-0.25, -0.2) is 0 Å². The van der Waals surface area contributed by atoms with E-state index in [0.717, 1.165) is 41.8 Å². The summed E-state index contributed by atoms with van der Waals surface area (Å²) in [7, 11) is 0. The molecule has 126 valence electrons. The third-order valence-electron chi connectivity index (χ3n) is 4.55. The molecule has 0 aromatic heterocycles. The molecule has 0 heterocycles. The Balaban J connectivity index is 1.59. The first kappa shape index (κ1) is 16.5. The molecule has 2 aromatic carbocycles. The Morgan fingerprint density at radius 3 is 2.67 bits per heavy atom. The minimum Gasteiger partial charge on any atom is -0.489 e. The van der Waals surface area contributed by atoms with Crippen molar-refractivity contribution in [2.24, 2.45) is 11.7 Å². The van der Waals surface area contributed by atoms with Crippen molar-refractivity contribution in [1.29, 1.82) is 0 Å². The van der Waals surface area contributed by atoms with Crippen LogP contribution in [0, 0.1) is 12.8 Å². The van der Waals surface area contributed by atoms with E-state index in [0.29, 0.717) is 6.61 Å². The number of ether oxygens (including phenoxy) is 1.